The molecule has 1 heterocycles. The van der Waals surface area contributed by atoms with Crippen molar-refractivity contribution in [2.24, 2.45) is 0 Å². The van der Waals surface area contributed by atoms with E-state index < -0.39 is 0 Å². The highest BCUT2D eigenvalue weighted by Crippen LogP contribution is 2.24. The van der Waals surface area contributed by atoms with Crippen molar-refractivity contribution in [3.8, 4) is 6.07 Å². The van der Waals surface area contributed by atoms with Crippen molar-refractivity contribution < 1.29 is 0 Å². The lowest BCUT2D eigenvalue weighted by Gasteiger charge is -2.14. The first-order chi connectivity index (χ1) is 6.97. The fourth-order valence-electron chi connectivity index (χ4n) is 1.62. The Balaban J connectivity index is 3.40. The van der Waals surface area contributed by atoms with Crippen LogP contribution in [0.25, 0.3) is 0 Å². The molecule has 0 fully saturated rings. The van der Waals surface area contributed by atoms with Crippen molar-refractivity contribution in [3.63, 3.8) is 0 Å². The van der Waals surface area contributed by atoms with Crippen LogP contribution in [0.4, 0.5) is 0 Å². The predicted molar refractivity (Wildman–Crippen MR) is 61.9 cm³/mol. The van der Waals surface area contributed by atoms with Gasteiger partial charge in [0.2, 0.25) is 0 Å². The summed E-state index contributed by atoms with van der Waals surface area (Å²) < 4.78 is 0. The van der Waals surface area contributed by atoms with Gasteiger partial charge in [0, 0.05) is 5.69 Å². The summed E-state index contributed by atoms with van der Waals surface area (Å²) >= 11 is 0. The van der Waals surface area contributed by atoms with Crippen LogP contribution in [0.5, 0.6) is 0 Å². The van der Waals surface area contributed by atoms with Crippen LogP contribution in [0, 0.1) is 18.3 Å². The topological polar surface area (TPSA) is 36.7 Å². The molecule has 0 aliphatic heterocycles. The SMILES string of the molecule is Cc1nc(C(C)C)cc(C(C)C)c1C#N. The van der Waals surface area contributed by atoms with Gasteiger partial charge in [-0.15, -0.1) is 0 Å². The third-order valence-electron chi connectivity index (χ3n) is 2.58. The molecule has 15 heavy (non-hydrogen) atoms. The van der Waals surface area contributed by atoms with E-state index in [0.29, 0.717) is 11.8 Å². The van der Waals surface area contributed by atoms with Crippen molar-refractivity contribution in [3.05, 3.63) is 28.6 Å². The molecule has 0 aromatic carbocycles. The largest absolute Gasteiger partial charge is 0.257 e. The van der Waals surface area contributed by atoms with Crippen LogP contribution in [-0.2, 0) is 0 Å². The van der Waals surface area contributed by atoms with Crippen LogP contribution in [0.1, 0.15) is 62.0 Å². The maximum absolute atomic E-state index is 9.09. The van der Waals surface area contributed by atoms with E-state index in [0.717, 1.165) is 22.5 Å². The summed E-state index contributed by atoms with van der Waals surface area (Å²) in [7, 11) is 0. The number of hydrogen-bond donors (Lipinski definition) is 0. The standard InChI is InChI=1S/C13H18N2/c1-8(2)11-6-13(9(3)4)15-10(5)12(11)7-14/h6,8-9H,1-5H3. The Kier molecular flexibility index (Phi) is 3.47. The molecule has 0 aliphatic rings. The Morgan fingerprint density at radius 1 is 1.20 bits per heavy atom. The molecule has 0 unspecified atom stereocenters. The third kappa shape index (κ3) is 2.36. The number of aromatic nitrogens is 1. The summed E-state index contributed by atoms with van der Waals surface area (Å²) in [5.74, 6) is 0.785. The van der Waals surface area contributed by atoms with Crippen molar-refractivity contribution >= 4 is 0 Å². The molecule has 0 aliphatic carbocycles. The molecule has 80 valence electrons. The lowest BCUT2D eigenvalue weighted by molar-refractivity contribution is 0.788. The second-order valence-electron chi connectivity index (χ2n) is 4.52. The fourth-order valence-corrected chi connectivity index (χ4v) is 1.62. The quantitative estimate of drug-likeness (QED) is 0.735. The Hall–Kier alpha value is -1.36. The number of aryl methyl sites for hydroxylation is 1. The molecule has 0 saturated heterocycles. The molecule has 0 N–H and O–H groups in total. The van der Waals surface area contributed by atoms with Gasteiger partial charge in [0.1, 0.15) is 6.07 Å². The summed E-state index contributed by atoms with van der Waals surface area (Å²) in [5, 5.41) is 9.09. The number of nitrogens with zero attached hydrogens (tertiary/aromatic N) is 2. The maximum atomic E-state index is 9.09. The maximum Gasteiger partial charge on any atom is 0.101 e. The van der Waals surface area contributed by atoms with E-state index in [9.17, 15) is 0 Å². The van der Waals surface area contributed by atoms with E-state index in [1.807, 2.05) is 6.92 Å². The van der Waals surface area contributed by atoms with Crippen LogP contribution in [0.2, 0.25) is 0 Å². The predicted octanol–water partition coefficient (Wildman–Crippen LogP) is 3.51. The minimum absolute atomic E-state index is 0.374. The van der Waals surface area contributed by atoms with Gasteiger partial charge in [-0.1, -0.05) is 27.7 Å². The van der Waals surface area contributed by atoms with Crippen molar-refractivity contribution in [1.29, 1.82) is 5.26 Å². The highest BCUT2D eigenvalue weighted by atomic mass is 14.7. The first-order valence-corrected chi connectivity index (χ1v) is 5.38. The summed E-state index contributed by atoms with van der Waals surface area (Å²) in [6.45, 7) is 10.4. The van der Waals surface area contributed by atoms with Crippen LogP contribution in [0.3, 0.4) is 0 Å². The van der Waals surface area contributed by atoms with E-state index in [2.05, 4.69) is 44.8 Å². The molecule has 0 amide bonds. The molecule has 1 aromatic heterocycles. The van der Waals surface area contributed by atoms with E-state index >= 15 is 0 Å². The molecule has 0 spiro atoms. The summed E-state index contributed by atoms with van der Waals surface area (Å²) in [6.07, 6.45) is 0. The van der Waals surface area contributed by atoms with Gasteiger partial charge in [0.25, 0.3) is 0 Å². The van der Waals surface area contributed by atoms with Crippen LogP contribution >= 0.6 is 0 Å². The van der Waals surface area contributed by atoms with Gasteiger partial charge in [-0.05, 0) is 30.4 Å². The van der Waals surface area contributed by atoms with Crippen molar-refractivity contribution in [1.82, 2.24) is 4.98 Å². The van der Waals surface area contributed by atoms with Gasteiger partial charge in [-0.25, -0.2) is 0 Å². The summed E-state index contributed by atoms with van der Waals surface area (Å²) in [6, 6.07) is 4.32. The monoisotopic (exact) mass is 202 g/mol. The van der Waals surface area contributed by atoms with Crippen LogP contribution in [0.15, 0.2) is 6.07 Å². The second kappa shape index (κ2) is 4.44. The zero-order valence-corrected chi connectivity index (χ0v) is 10.1. The van der Waals surface area contributed by atoms with Gasteiger partial charge in [0.05, 0.1) is 11.3 Å². The highest BCUT2D eigenvalue weighted by molar-refractivity contribution is 5.43. The number of hydrogen-bond acceptors (Lipinski definition) is 2. The van der Waals surface area contributed by atoms with Gasteiger partial charge >= 0.3 is 0 Å². The average Bonchev–Trinajstić information content (AvgIpc) is 2.16. The Bertz CT molecular complexity index is 398. The molecule has 1 aromatic rings. The van der Waals surface area contributed by atoms with E-state index in [4.69, 9.17) is 5.26 Å². The van der Waals surface area contributed by atoms with E-state index in [-0.39, 0.29) is 0 Å². The fraction of sp³-hybridized carbons (Fsp3) is 0.538. The number of pyridine rings is 1. The van der Waals surface area contributed by atoms with Gasteiger partial charge < -0.3 is 0 Å². The molecule has 0 atom stereocenters. The zero-order chi connectivity index (χ0) is 11.6. The number of rotatable bonds is 2. The molecular weight excluding hydrogens is 184 g/mol. The Morgan fingerprint density at radius 3 is 2.20 bits per heavy atom. The highest BCUT2D eigenvalue weighted by Gasteiger charge is 2.13. The lowest BCUT2D eigenvalue weighted by Crippen LogP contribution is -2.03. The minimum Gasteiger partial charge on any atom is -0.257 e. The first kappa shape index (κ1) is 11.7. The second-order valence-corrected chi connectivity index (χ2v) is 4.52. The van der Waals surface area contributed by atoms with E-state index in [1.54, 1.807) is 0 Å². The zero-order valence-electron chi connectivity index (χ0n) is 10.1. The third-order valence-corrected chi connectivity index (χ3v) is 2.58. The van der Waals surface area contributed by atoms with Crippen LogP contribution in [-0.4, -0.2) is 4.98 Å². The number of nitriles is 1. The smallest absolute Gasteiger partial charge is 0.101 e. The summed E-state index contributed by atoms with van der Waals surface area (Å²) in [4.78, 5) is 4.46. The van der Waals surface area contributed by atoms with Crippen molar-refractivity contribution in [2.45, 2.75) is 46.5 Å². The molecule has 0 bridgehead atoms. The average molecular weight is 202 g/mol. The van der Waals surface area contributed by atoms with Crippen LogP contribution < -0.4 is 0 Å². The lowest BCUT2D eigenvalue weighted by atomic mass is 9.94. The van der Waals surface area contributed by atoms with Gasteiger partial charge in [0.15, 0.2) is 0 Å². The molecule has 1 rings (SSSR count). The molecular formula is C13H18N2. The Labute approximate surface area is 92.0 Å². The normalized spacial score (nSPS) is 10.8. The first-order valence-electron chi connectivity index (χ1n) is 5.38. The molecule has 0 radical (unpaired) electrons. The molecule has 0 saturated carbocycles. The Morgan fingerprint density at radius 2 is 1.80 bits per heavy atom. The molecule has 2 nitrogen and oxygen atoms in total. The molecule has 2 heteroatoms. The van der Waals surface area contributed by atoms with Gasteiger partial charge in [-0.3, -0.25) is 4.98 Å². The van der Waals surface area contributed by atoms with Crippen molar-refractivity contribution in [2.75, 3.05) is 0 Å². The van der Waals surface area contributed by atoms with Gasteiger partial charge in [-0.2, -0.15) is 5.26 Å². The minimum atomic E-state index is 0.374. The van der Waals surface area contributed by atoms with E-state index in [1.165, 1.54) is 0 Å². The summed E-state index contributed by atoms with van der Waals surface area (Å²) in [5.41, 5.74) is 3.80.